The van der Waals surface area contributed by atoms with Crippen LogP contribution in [0.3, 0.4) is 0 Å². The Kier molecular flexibility index (Phi) is 2.30. The molecule has 1 saturated heterocycles. The van der Waals surface area contributed by atoms with Gasteiger partial charge in [0.25, 0.3) is 0 Å². The lowest BCUT2D eigenvalue weighted by atomic mass is 9.93. The van der Waals surface area contributed by atoms with Gasteiger partial charge in [0.05, 0.1) is 12.1 Å². The van der Waals surface area contributed by atoms with Crippen LogP contribution in [0.25, 0.3) is 0 Å². The number of rotatable bonds is 1. The summed E-state index contributed by atoms with van der Waals surface area (Å²) < 4.78 is 5.11. The van der Waals surface area contributed by atoms with Crippen LogP contribution in [-0.4, -0.2) is 48.9 Å². The lowest BCUT2D eigenvalue weighted by Gasteiger charge is -2.11. The second kappa shape index (κ2) is 2.88. The zero-order chi connectivity index (χ0) is 7.72. The molecule has 0 spiro atoms. The maximum Gasteiger partial charge on any atom is 0.142 e. The van der Waals surface area contributed by atoms with Crippen LogP contribution in [0.4, 0.5) is 0 Å². The number of nitrogens with two attached hydrogens (primary N) is 1. The minimum atomic E-state index is -0.819. The standard InChI is InChI=1S/C5H12BNO3/c6-5-4(9)3(8)2(1-7)10-5/h2-5,8-9H,1,6-7H2/t2-,3?,4+,5-/m1/s1. The fourth-order valence-electron chi connectivity index (χ4n) is 1.13. The van der Waals surface area contributed by atoms with E-state index in [-0.39, 0.29) is 12.5 Å². The molecular weight excluding hydrogens is 133 g/mol. The first-order valence-corrected chi connectivity index (χ1v) is 3.38. The smallest absolute Gasteiger partial charge is 0.142 e. The van der Waals surface area contributed by atoms with E-state index in [1.807, 2.05) is 0 Å². The molecule has 1 fully saturated rings. The van der Waals surface area contributed by atoms with Gasteiger partial charge in [-0.1, -0.05) is 0 Å². The summed E-state index contributed by atoms with van der Waals surface area (Å²) in [6.07, 6.45) is -2.00. The van der Waals surface area contributed by atoms with E-state index in [0.717, 1.165) is 0 Å². The molecule has 10 heavy (non-hydrogen) atoms. The number of aliphatic hydroxyl groups is 2. The minimum absolute atomic E-state index is 0.253. The summed E-state index contributed by atoms with van der Waals surface area (Å²) in [6, 6.07) is -0.302. The average Bonchev–Trinajstić information content (AvgIpc) is 2.17. The Morgan fingerprint density at radius 1 is 1.40 bits per heavy atom. The molecule has 0 saturated carbocycles. The van der Waals surface area contributed by atoms with Crippen molar-refractivity contribution < 1.29 is 14.9 Å². The van der Waals surface area contributed by atoms with Gasteiger partial charge in [0.1, 0.15) is 20.1 Å². The molecule has 4 nitrogen and oxygen atoms in total. The Labute approximate surface area is 60.4 Å². The molecule has 1 aliphatic heterocycles. The van der Waals surface area contributed by atoms with Gasteiger partial charge in [-0.2, -0.15) is 0 Å². The van der Waals surface area contributed by atoms with Crippen LogP contribution in [0.5, 0.6) is 0 Å². The molecule has 4 N–H and O–H groups in total. The summed E-state index contributed by atoms with van der Waals surface area (Å²) in [5.41, 5.74) is 5.25. The fraction of sp³-hybridized carbons (Fsp3) is 1.00. The highest BCUT2D eigenvalue weighted by atomic mass is 16.5. The molecule has 5 heteroatoms. The SMILES string of the molecule is B[C@@H]1O[C@H](CN)C(O)[C@@H]1O. The van der Waals surface area contributed by atoms with Gasteiger partial charge in [0, 0.05) is 6.54 Å². The molecule has 0 aliphatic carbocycles. The molecule has 0 radical (unpaired) electrons. The summed E-state index contributed by atoms with van der Waals surface area (Å²) in [4.78, 5) is 0. The van der Waals surface area contributed by atoms with Crippen molar-refractivity contribution in [3.8, 4) is 0 Å². The normalized spacial score (nSPS) is 47.9. The molecule has 1 rings (SSSR count). The second-order valence-electron chi connectivity index (χ2n) is 2.60. The van der Waals surface area contributed by atoms with Crippen molar-refractivity contribution in [2.45, 2.75) is 24.3 Å². The Bertz CT molecular complexity index is 123. The van der Waals surface area contributed by atoms with Crippen molar-refractivity contribution in [1.29, 1.82) is 0 Å². The van der Waals surface area contributed by atoms with E-state index in [0.29, 0.717) is 0 Å². The van der Waals surface area contributed by atoms with Crippen molar-refractivity contribution in [3.63, 3.8) is 0 Å². The topological polar surface area (TPSA) is 75.7 Å². The van der Waals surface area contributed by atoms with Gasteiger partial charge in [-0.05, 0) is 0 Å². The molecule has 0 aromatic rings. The molecule has 0 bridgehead atoms. The fourth-order valence-corrected chi connectivity index (χ4v) is 1.13. The van der Waals surface area contributed by atoms with Gasteiger partial charge in [-0.3, -0.25) is 0 Å². The van der Waals surface area contributed by atoms with Crippen LogP contribution in [-0.2, 0) is 4.74 Å². The van der Waals surface area contributed by atoms with Crippen molar-refractivity contribution >= 4 is 7.85 Å². The monoisotopic (exact) mass is 145 g/mol. The predicted octanol–water partition coefficient (Wildman–Crippen LogP) is -2.98. The van der Waals surface area contributed by atoms with E-state index in [1.165, 1.54) is 0 Å². The molecule has 0 amide bonds. The van der Waals surface area contributed by atoms with E-state index in [1.54, 1.807) is 7.85 Å². The molecule has 1 heterocycles. The number of aliphatic hydroxyl groups excluding tert-OH is 2. The van der Waals surface area contributed by atoms with Crippen LogP contribution < -0.4 is 5.73 Å². The van der Waals surface area contributed by atoms with Crippen molar-refractivity contribution in [2.75, 3.05) is 6.54 Å². The highest BCUT2D eigenvalue weighted by molar-refractivity contribution is 6.11. The highest BCUT2D eigenvalue weighted by Gasteiger charge is 2.38. The Balaban J connectivity index is 2.53. The lowest BCUT2D eigenvalue weighted by Crippen LogP contribution is -2.35. The first-order valence-electron chi connectivity index (χ1n) is 3.38. The number of ether oxygens (including phenoxy) is 1. The zero-order valence-corrected chi connectivity index (χ0v) is 5.90. The Hall–Kier alpha value is -0.0951. The molecular formula is C5H12BNO3. The maximum absolute atomic E-state index is 9.17. The zero-order valence-electron chi connectivity index (χ0n) is 5.90. The third-order valence-corrected chi connectivity index (χ3v) is 1.83. The van der Waals surface area contributed by atoms with Crippen molar-refractivity contribution in [2.24, 2.45) is 5.73 Å². The van der Waals surface area contributed by atoms with Crippen LogP contribution >= 0.6 is 0 Å². The summed E-state index contributed by atoms with van der Waals surface area (Å²) in [7, 11) is 1.71. The molecule has 1 unspecified atom stereocenters. The summed E-state index contributed by atoms with van der Waals surface area (Å²) in [5.74, 6) is 0. The van der Waals surface area contributed by atoms with Crippen molar-refractivity contribution in [3.05, 3.63) is 0 Å². The predicted molar refractivity (Wildman–Crippen MR) is 38.3 cm³/mol. The number of hydrogen-bond acceptors (Lipinski definition) is 4. The molecule has 0 aromatic carbocycles. The van der Waals surface area contributed by atoms with Gasteiger partial charge in [-0.15, -0.1) is 0 Å². The van der Waals surface area contributed by atoms with Gasteiger partial charge in [0.2, 0.25) is 0 Å². The maximum atomic E-state index is 9.17. The molecule has 0 aromatic heterocycles. The van der Waals surface area contributed by atoms with Crippen LogP contribution in [0.2, 0.25) is 0 Å². The van der Waals surface area contributed by atoms with Crippen molar-refractivity contribution in [1.82, 2.24) is 0 Å². The van der Waals surface area contributed by atoms with Gasteiger partial charge in [0.15, 0.2) is 0 Å². The third kappa shape index (κ3) is 1.18. The van der Waals surface area contributed by atoms with E-state index in [4.69, 9.17) is 15.6 Å². The van der Waals surface area contributed by atoms with Gasteiger partial charge >= 0.3 is 0 Å². The summed E-state index contributed by atoms with van der Waals surface area (Å²) >= 11 is 0. The lowest BCUT2D eigenvalue weighted by molar-refractivity contribution is 0.0273. The van der Waals surface area contributed by atoms with Gasteiger partial charge < -0.3 is 20.7 Å². The quantitative estimate of drug-likeness (QED) is 0.344. The average molecular weight is 145 g/mol. The third-order valence-electron chi connectivity index (χ3n) is 1.83. The molecule has 58 valence electrons. The highest BCUT2D eigenvalue weighted by Crippen LogP contribution is 2.17. The first-order chi connectivity index (χ1) is 4.66. The van der Waals surface area contributed by atoms with E-state index >= 15 is 0 Å². The second-order valence-corrected chi connectivity index (χ2v) is 2.60. The minimum Gasteiger partial charge on any atom is -0.388 e. The largest absolute Gasteiger partial charge is 0.388 e. The van der Waals surface area contributed by atoms with Crippen LogP contribution in [0, 0.1) is 0 Å². The van der Waals surface area contributed by atoms with E-state index < -0.39 is 18.3 Å². The van der Waals surface area contributed by atoms with Gasteiger partial charge in [-0.25, -0.2) is 0 Å². The number of hydrogen-bond donors (Lipinski definition) is 3. The van der Waals surface area contributed by atoms with E-state index in [2.05, 4.69) is 0 Å². The molecule has 4 atom stereocenters. The van der Waals surface area contributed by atoms with Crippen LogP contribution in [0.15, 0.2) is 0 Å². The molecule has 1 aliphatic rings. The summed E-state index contributed by atoms with van der Waals surface area (Å²) in [5, 5.41) is 18.3. The Morgan fingerprint density at radius 2 is 2.00 bits per heavy atom. The Morgan fingerprint density at radius 3 is 2.20 bits per heavy atom. The summed E-state index contributed by atoms with van der Waals surface area (Å²) in [6.45, 7) is 0.253. The first kappa shape index (κ1) is 8.01. The van der Waals surface area contributed by atoms with Crippen LogP contribution in [0.1, 0.15) is 0 Å². The van der Waals surface area contributed by atoms with E-state index in [9.17, 15) is 5.11 Å².